The van der Waals surface area contributed by atoms with Gasteiger partial charge in [0.2, 0.25) is 0 Å². The second-order valence-corrected chi connectivity index (χ2v) is 8.30. The standard InChI is InChI=1S/C16H18ClN3O2S/c17-14-5-4-13(23-14)12-3-6-15(21)20(19-12)9-16(22)7-10-1-2-11(8-16)18-10/h3-6,10-11,18,22H,1-2,7-9H2. The number of thiophene rings is 1. The van der Waals surface area contributed by atoms with Crippen molar-refractivity contribution in [2.75, 3.05) is 0 Å². The summed E-state index contributed by atoms with van der Waals surface area (Å²) in [6.45, 7) is 0.244. The Kier molecular flexibility index (Phi) is 3.80. The molecule has 0 radical (unpaired) electrons. The molecule has 2 aliphatic heterocycles. The summed E-state index contributed by atoms with van der Waals surface area (Å²) in [6, 6.07) is 7.63. The molecule has 2 aromatic heterocycles. The minimum Gasteiger partial charge on any atom is -0.388 e. The topological polar surface area (TPSA) is 67.2 Å². The lowest BCUT2D eigenvalue weighted by Crippen LogP contribution is -2.51. The smallest absolute Gasteiger partial charge is 0.266 e. The summed E-state index contributed by atoms with van der Waals surface area (Å²) in [7, 11) is 0. The average molecular weight is 352 g/mol. The first-order valence-electron chi connectivity index (χ1n) is 7.83. The van der Waals surface area contributed by atoms with Gasteiger partial charge >= 0.3 is 0 Å². The molecule has 7 heteroatoms. The number of piperidine rings is 1. The molecule has 0 aliphatic carbocycles. The Bertz CT molecular complexity index is 776. The Hall–Kier alpha value is -1.21. The molecule has 0 amide bonds. The first-order valence-corrected chi connectivity index (χ1v) is 9.03. The van der Waals surface area contributed by atoms with E-state index in [9.17, 15) is 9.90 Å². The van der Waals surface area contributed by atoms with Gasteiger partial charge in [0, 0.05) is 18.2 Å². The summed E-state index contributed by atoms with van der Waals surface area (Å²) in [6.07, 6.45) is 3.55. The Balaban J connectivity index is 1.62. The highest BCUT2D eigenvalue weighted by atomic mass is 35.5. The molecule has 5 nitrogen and oxygen atoms in total. The Morgan fingerprint density at radius 1 is 1.30 bits per heavy atom. The predicted octanol–water partition coefficient (Wildman–Crippen LogP) is 2.27. The van der Waals surface area contributed by atoms with E-state index in [1.54, 1.807) is 6.07 Å². The van der Waals surface area contributed by atoms with Crippen LogP contribution in [0.1, 0.15) is 25.7 Å². The van der Waals surface area contributed by atoms with Crippen LogP contribution >= 0.6 is 22.9 Å². The third-order valence-electron chi connectivity index (χ3n) is 4.72. The van der Waals surface area contributed by atoms with Crippen molar-refractivity contribution in [2.24, 2.45) is 0 Å². The molecule has 2 fully saturated rings. The molecule has 2 N–H and O–H groups in total. The van der Waals surface area contributed by atoms with Gasteiger partial charge in [-0.1, -0.05) is 11.6 Å². The van der Waals surface area contributed by atoms with E-state index in [1.807, 2.05) is 12.1 Å². The number of nitrogens with zero attached hydrogens (tertiary/aromatic N) is 2. The molecule has 122 valence electrons. The van der Waals surface area contributed by atoms with Crippen molar-refractivity contribution in [3.05, 3.63) is 39.0 Å². The van der Waals surface area contributed by atoms with Crippen LogP contribution in [0.3, 0.4) is 0 Å². The number of aromatic nitrogens is 2. The Morgan fingerprint density at radius 3 is 2.70 bits per heavy atom. The quantitative estimate of drug-likeness (QED) is 0.890. The highest BCUT2D eigenvalue weighted by Gasteiger charge is 2.42. The van der Waals surface area contributed by atoms with E-state index in [-0.39, 0.29) is 12.1 Å². The molecule has 0 saturated carbocycles. The molecule has 2 aliphatic rings. The normalized spacial score (nSPS) is 29.8. The number of hydrogen-bond donors (Lipinski definition) is 2. The maximum absolute atomic E-state index is 12.2. The van der Waals surface area contributed by atoms with Gasteiger partial charge in [0.05, 0.1) is 21.4 Å². The Morgan fingerprint density at radius 2 is 2.04 bits per heavy atom. The minimum atomic E-state index is -0.861. The van der Waals surface area contributed by atoms with Gasteiger partial charge in [-0.3, -0.25) is 4.79 Å². The third kappa shape index (κ3) is 3.08. The summed E-state index contributed by atoms with van der Waals surface area (Å²) >= 11 is 7.40. The van der Waals surface area contributed by atoms with Gasteiger partial charge in [0.25, 0.3) is 5.56 Å². The molecule has 4 heterocycles. The van der Waals surface area contributed by atoms with Crippen molar-refractivity contribution < 1.29 is 5.11 Å². The van der Waals surface area contributed by atoms with E-state index in [0.717, 1.165) is 17.7 Å². The molecule has 0 aromatic carbocycles. The summed E-state index contributed by atoms with van der Waals surface area (Å²) in [5, 5.41) is 18.9. The SMILES string of the molecule is O=c1ccc(-c2ccc(Cl)s2)nn1CC1(O)CC2CCC(C1)N2. The highest BCUT2D eigenvalue weighted by molar-refractivity contribution is 7.19. The lowest BCUT2D eigenvalue weighted by atomic mass is 9.87. The molecule has 2 aromatic rings. The van der Waals surface area contributed by atoms with Crippen LogP contribution in [0.15, 0.2) is 29.1 Å². The van der Waals surface area contributed by atoms with Crippen LogP contribution in [0, 0.1) is 0 Å². The summed E-state index contributed by atoms with van der Waals surface area (Å²) in [5.41, 5.74) is -0.336. The summed E-state index contributed by atoms with van der Waals surface area (Å²) < 4.78 is 2.08. The van der Waals surface area contributed by atoms with E-state index in [1.165, 1.54) is 22.1 Å². The average Bonchev–Trinajstić information content (AvgIpc) is 3.07. The minimum absolute atomic E-state index is 0.185. The molecule has 23 heavy (non-hydrogen) atoms. The number of aliphatic hydroxyl groups is 1. The van der Waals surface area contributed by atoms with E-state index in [4.69, 9.17) is 11.6 Å². The Labute approximate surface area is 142 Å². The van der Waals surface area contributed by atoms with Gasteiger partial charge in [0.1, 0.15) is 5.69 Å². The van der Waals surface area contributed by atoms with Crippen molar-refractivity contribution in [2.45, 2.75) is 49.9 Å². The number of nitrogens with one attached hydrogen (secondary N) is 1. The molecule has 2 atom stereocenters. The van der Waals surface area contributed by atoms with Crippen molar-refractivity contribution in [3.8, 4) is 10.6 Å². The number of hydrogen-bond acceptors (Lipinski definition) is 5. The van der Waals surface area contributed by atoms with Gasteiger partial charge in [0.15, 0.2) is 0 Å². The number of halogens is 1. The maximum Gasteiger partial charge on any atom is 0.266 e. The van der Waals surface area contributed by atoms with Crippen molar-refractivity contribution in [3.63, 3.8) is 0 Å². The largest absolute Gasteiger partial charge is 0.388 e. The molecule has 2 unspecified atom stereocenters. The van der Waals surface area contributed by atoms with Crippen molar-refractivity contribution in [1.29, 1.82) is 0 Å². The predicted molar refractivity (Wildman–Crippen MR) is 90.9 cm³/mol. The fourth-order valence-electron chi connectivity index (χ4n) is 3.78. The fraction of sp³-hybridized carbons (Fsp3) is 0.500. The van der Waals surface area contributed by atoms with Crippen LogP contribution in [0.5, 0.6) is 0 Å². The van der Waals surface area contributed by atoms with Crippen LogP contribution in [0.2, 0.25) is 4.34 Å². The van der Waals surface area contributed by atoms with Crippen LogP contribution in [-0.2, 0) is 6.54 Å². The first-order chi connectivity index (χ1) is 11.0. The van der Waals surface area contributed by atoms with Crippen molar-refractivity contribution >= 4 is 22.9 Å². The van der Waals surface area contributed by atoms with E-state index in [2.05, 4.69) is 10.4 Å². The van der Waals surface area contributed by atoms with Gasteiger partial charge in [-0.05, 0) is 43.9 Å². The van der Waals surface area contributed by atoms with E-state index < -0.39 is 5.60 Å². The van der Waals surface area contributed by atoms with Gasteiger partial charge in [-0.25, -0.2) is 4.68 Å². The molecule has 4 rings (SSSR count). The molecular formula is C16H18ClN3O2S. The molecule has 2 bridgehead atoms. The van der Waals surface area contributed by atoms with Crippen molar-refractivity contribution in [1.82, 2.24) is 15.1 Å². The highest BCUT2D eigenvalue weighted by Crippen LogP contribution is 2.35. The number of fused-ring (bicyclic) bond motifs is 2. The van der Waals surface area contributed by atoms with Gasteiger partial charge < -0.3 is 10.4 Å². The lowest BCUT2D eigenvalue weighted by Gasteiger charge is -2.37. The van der Waals surface area contributed by atoms with Gasteiger partial charge in [-0.2, -0.15) is 5.10 Å². The van der Waals surface area contributed by atoms with Crippen LogP contribution in [0.25, 0.3) is 10.6 Å². The van der Waals surface area contributed by atoms with Crippen LogP contribution < -0.4 is 10.9 Å². The molecule has 2 saturated heterocycles. The zero-order valence-corrected chi connectivity index (χ0v) is 14.1. The summed E-state index contributed by atoms with van der Waals surface area (Å²) in [5.74, 6) is 0. The van der Waals surface area contributed by atoms with Crippen LogP contribution in [-0.4, -0.2) is 32.6 Å². The van der Waals surface area contributed by atoms with E-state index >= 15 is 0 Å². The lowest BCUT2D eigenvalue weighted by molar-refractivity contribution is -0.0249. The second kappa shape index (κ2) is 5.70. The van der Waals surface area contributed by atoms with E-state index in [0.29, 0.717) is 35.0 Å². The van der Waals surface area contributed by atoms with Gasteiger partial charge in [-0.15, -0.1) is 11.3 Å². The number of rotatable bonds is 3. The van der Waals surface area contributed by atoms with Crippen LogP contribution in [0.4, 0.5) is 0 Å². The third-order valence-corrected chi connectivity index (χ3v) is 5.98. The monoisotopic (exact) mass is 351 g/mol. The fourth-order valence-corrected chi connectivity index (χ4v) is 4.79. The summed E-state index contributed by atoms with van der Waals surface area (Å²) in [4.78, 5) is 13.1. The second-order valence-electron chi connectivity index (χ2n) is 6.59. The first kappa shape index (κ1) is 15.3. The zero-order valence-electron chi connectivity index (χ0n) is 12.5. The molecule has 0 spiro atoms. The maximum atomic E-state index is 12.2. The zero-order chi connectivity index (χ0) is 16.0. The molecular weight excluding hydrogens is 334 g/mol.